The number of aliphatic hydroxyl groups excluding tert-OH is 4. The van der Waals surface area contributed by atoms with E-state index >= 15 is 0 Å². The summed E-state index contributed by atoms with van der Waals surface area (Å²) < 4.78 is 0. The molecule has 0 aromatic heterocycles. The molecule has 0 radical (unpaired) electrons. The molecule has 0 bridgehead atoms. The largest absolute Gasteiger partial charge is 0.395 e. The highest BCUT2D eigenvalue weighted by Gasteiger charge is 2.43. The Labute approximate surface area is 117 Å². The molecule has 5 unspecified atom stereocenters. The summed E-state index contributed by atoms with van der Waals surface area (Å²) in [5.41, 5.74) is -1.04. The zero-order valence-electron chi connectivity index (χ0n) is 11.2. The maximum atomic E-state index is 11.8. The van der Waals surface area contributed by atoms with Crippen LogP contribution < -0.4 is 5.32 Å². The molecule has 1 aliphatic heterocycles. The lowest BCUT2D eigenvalue weighted by molar-refractivity contribution is -0.125. The summed E-state index contributed by atoms with van der Waals surface area (Å²) >= 11 is 0.954. The lowest BCUT2D eigenvalue weighted by Gasteiger charge is -2.40. The number of hydrogen-bond acceptors (Lipinski definition) is 6. The van der Waals surface area contributed by atoms with Crippen molar-refractivity contribution in [3.05, 3.63) is 0 Å². The van der Waals surface area contributed by atoms with Crippen LogP contribution in [0.3, 0.4) is 0 Å². The molecule has 0 aromatic rings. The van der Waals surface area contributed by atoms with Crippen LogP contribution in [-0.4, -0.2) is 61.9 Å². The monoisotopic (exact) mass is 293 g/mol. The quantitative estimate of drug-likeness (QED) is 0.447. The van der Waals surface area contributed by atoms with Gasteiger partial charge in [0.1, 0.15) is 11.5 Å². The van der Waals surface area contributed by atoms with Crippen LogP contribution in [0.4, 0.5) is 0 Å². The molecule has 19 heavy (non-hydrogen) atoms. The maximum Gasteiger partial charge on any atom is 0.220 e. The second kappa shape index (κ2) is 7.44. The molecule has 0 aromatic carbocycles. The lowest BCUT2D eigenvalue weighted by atomic mass is 10.0. The minimum Gasteiger partial charge on any atom is -0.395 e. The molecule has 1 saturated heterocycles. The van der Waals surface area contributed by atoms with Gasteiger partial charge < -0.3 is 25.7 Å². The predicted octanol–water partition coefficient (Wildman–Crippen LogP) is -0.945. The van der Waals surface area contributed by atoms with Gasteiger partial charge in [-0.3, -0.25) is 4.79 Å². The lowest BCUT2D eigenvalue weighted by Crippen LogP contribution is -2.60. The van der Waals surface area contributed by atoms with Gasteiger partial charge in [0.15, 0.2) is 0 Å². The topological polar surface area (TPSA) is 110 Å². The van der Waals surface area contributed by atoms with E-state index in [1.165, 1.54) is 0 Å². The average Bonchev–Trinajstić information content (AvgIpc) is 2.38. The van der Waals surface area contributed by atoms with E-state index in [2.05, 4.69) is 5.32 Å². The fourth-order valence-corrected chi connectivity index (χ4v) is 3.12. The van der Waals surface area contributed by atoms with Gasteiger partial charge in [-0.15, -0.1) is 11.8 Å². The number of aliphatic hydroxyl groups is 4. The van der Waals surface area contributed by atoms with Crippen molar-refractivity contribution in [1.82, 2.24) is 5.32 Å². The first-order chi connectivity index (χ1) is 8.90. The molecule has 6 atom stereocenters. The van der Waals surface area contributed by atoms with Gasteiger partial charge in [-0.1, -0.05) is 20.3 Å². The molecule has 6 nitrogen and oxygen atoms in total. The number of carbonyl (C=O) groups excluding carboxylic acids is 1. The van der Waals surface area contributed by atoms with Gasteiger partial charge in [0.05, 0.1) is 24.0 Å². The van der Waals surface area contributed by atoms with Crippen molar-refractivity contribution >= 4 is 17.7 Å². The SMILES string of the molecule is CC[C@H](C)CC(=O)NC1C(O)SC(CO)C(O)C1O. The van der Waals surface area contributed by atoms with E-state index < -0.39 is 28.9 Å². The third-order valence-corrected chi connectivity index (χ3v) is 4.81. The molecule has 0 saturated carbocycles. The van der Waals surface area contributed by atoms with E-state index in [1.807, 2.05) is 13.8 Å². The van der Waals surface area contributed by atoms with Crippen molar-refractivity contribution in [3.63, 3.8) is 0 Å². The maximum absolute atomic E-state index is 11.8. The smallest absolute Gasteiger partial charge is 0.220 e. The Balaban J connectivity index is 2.59. The minimum atomic E-state index is -1.28. The Hall–Kier alpha value is -0.340. The summed E-state index contributed by atoms with van der Waals surface area (Å²) in [4.78, 5) is 11.8. The molecule has 5 N–H and O–H groups in total. The molecule has 0 spiro atoms. The van der Waals surface area contributed by atoms with Gasteiger partial charge in [0, 0.05) is 6.42 Å². The van der Waals surface area contributed by atoms with Crippen molar-refractivity contribution in [2.24, 2.45) is 5.92 Å². The number of thioether (sulfide) groups is 1. The second-order valence-electron chi connectivity index (χ2n) is 5.04. The molecule has 1 heterocycles. The standard InChI is InChI=1S/C12H23NO5S/c1-3-6(2)4-8(15)13-9-11(17)10(16)7(5-14)19-12(9)18/h6-7,9-12,14,16-18H,3-5H2,1-2H3,(H,13,15)/t6-,7?,9?,10?,11?,12?/m0/s1. The van der Waals surface area contributed by atoms with Crippen molar-refractivity contribution in [2.75, 3.05) is 6.61 Å². The molecule has 7 heteroatoms. The Kier molecular flexibility index (Phi) is 6.55. The molecule has 1 amide bonds. The van der Waals surface area contributed by atoms with Crippen LogP contribution in [0.5, 0.6) is 0 Å². The highest BCUT2D eigenvalue weighted by atomic mass is 32.2. The van der Waals surface area contributed by atoms with Crippen LogP contribution in [0, 0.1) is 5.92 Å². The van der Waals surface area contributed by atoms with Crippen LogP contribution in [0.15, 0.2) is 0 Å². The van der Waals surface area contributed by atoms with E-state index in [0.29, 0.717) is 6.42 Å². The van der Waals surface area contributed by atoms with E-state index in [4.69, 9.17) is 5.11 Å². The van der Waals surface area contributed by atoms with Gasteiger partial charge in [0.2, 0.25) is 5.91 Å². The van der Waals surface area contributed by atoms with Gasteiger partial charge in [0.25, 0.3) is 0 Å². The van der Waals surface area contributed by atoms with Gasteiger partial charge in [-0.2, -0.15) is 0 Å². The van der Waals surface area contributed by atoms with Crippen molar-refractivity contribution in [3.8, 4) is 0 Å². The highest BCUT2D eigenvalue weighted by Crippen LogP contribution is 2.31. The number of hydrogen-bond donors (Lipinski definition) is 5. The van der Waals surface area contributed by atoms with E-state index in [0.717, 1.165) is 18.2 Å². The van der Waals surface area contributed by atoms with Gasteiger partial charge in [-0.05, 0) is 5.92 Å². The molecule has 1 aliphatic rings. The van der Waals surface area contributed by atoms with Crippen molar-refractivity contribution < 1.29 is 25.2 Å². The number of nitrogens with one attached hydrogen (secondary N) is 1. The summed E-state index contributed by atoms with van der Waals surface area (Å²) in [5.74, 6) is -0.0339. The third kappa shape index (κ3) is 4.32. The third-order valence-electron chi connectivity index (χ3n) is 3.46. The molecule has 112 valence electrons. The zero-order valence-corrected chi connectivity index (χ0v) is 12.0. The average molecular weight is 293 g/mol. The zero-order chi connectivity index (χ0) is 14.6. The molecule has 1 rings (SSSR count). The molecular weight excluding hydrogens is 270 g/mol. The Morgan fingerprint density at radius 1 is 1.32 bits per heavy atom. The van der Waals surface area contributed by atoms with E-state index in [-0.39, 0.29) is 18.4 Å². The fourth-order valence-electron chi connectivity index (χ4n) is 1.96. The summed E-state index contributed by atoms with van der Waals surface area (Å²) in [6.45, 7) is 3.58. The Morgan fingerprint density at radius 2 is 1.95 bits per heavy atom. The predicted molar refractivity (Wildman–Crippen MR) is 72.5 cm³/mol. The highest BCUT2D eigenvalue weighted by molar-refractivity contribution is 8.00. The molecular formula is C12H23NO5S. The van der Waals surface area contributed by atoms with E-state index in [1.54, 1.807) is 0 Å². The minimum absolute atomic E-state index is 0.223. The van der Waals surface area contributed by atoms with Crippen LogP contribution in [0.2, 0.25) is 0 Å². The van der Waals surface area contributed by atoms with Crippen LogP contribution in [-0.2, 0) is 4.79 Å². The normalized spacial score (nSPS) is 36.8. The first kappa shape index (κ1) is 16.7. The summed E-state index contributed by atoms with van der Waals surface area (Å²) in [6, 6.07) is -0.917. The van der Waals surface area contributed by atoms with Crippen LogP contribution in [0.1, 0.15) is 26.7 Å². The first-order valence-corrected chi connectivity index (χ1v) is 7.44. The fraction of sp³-hybridized carbons (Fsp3) is 0.917. The summed E-state index contributed by atoms with van der Waals surface area (Å²) in [6.07, 6.45) is -1.27. The second-order valence-corrected chi connectivity index (χ2v) is 6.40. The van der Waals surface area contributed by atoms with Gasteiger partial charge in [-0.25, -0.2) is 0 Å². The van der Waals surface area contributed by atoms with Gasteiger partial charge >= 0.3 is 0 Å². The van der Waals surface area contributed by atoms with Crippen molar-refractivity contribution in [2.45, 2.75) is 55.6 Å². The number of carbonyl (C=O) groups is 1. The Bertz CT molecular complexity index is 304. The summed E-state index contributed by atoms with van der Waals surface area (Å²) in [7, 11) is 0. The first-order valence-electron chi connectivity index (χ1n) is 6.50. The van der Waals surface area contributed by atoms with Crippen LogP contribution >= 0.6 is 11.8 Å². The van der Waals surface area contributed by atoms with Crippen molar-refractivity contribution in [1.29, 1.82) is 0 Å². The Morgan fingerprint density at radius 3 is 2.47 bits per heavy atom. The van der Waals surface area contributed by atoms with Crippen LogP contribution in [0.25, 0.3) is 0 Å². The molecule has 0 aliphatic carbocycles. The summed E-state index contributed by atoms with van der Waals surface area (Å²) in [5, 5.41) is 40.5. The number of amides is 1. The van der Waals surface area contributed by atoms with E-state index in [9.17, 15) is 20.1 Å². The number of rotatable bonds is 5. The molecule has 1 fully saturated rings.